The molecule has 0 bridgehead atoms. The Labute approximate surface area is 162 Å². The third-order valence-corrected chi connectivity index (χ3v) is 4.67. The molecule has 0 radical (unpaired) electrons. The van der Waals surface area contributed by atoms with Crippen LogP contribution in [-0.2, 0) is 18.3 Å². The largest absolute Gasteiger partial charge is 0.394 e. The molecule has 1 aliphatic rings. The average Bonchev–Trinajstić information content (AvgIpc) is 3.10. The molecule has 9 heteroatoms. The first-order valence-corrected chi connectivity index (χ1v) is 9.19. The highest BCUT2D eigenvalue weighted by atomic mass is 19.1. The zero-order valence-corrected chi connectivity index (χ0v) is 15.6. The van der Waals surface area contributed by atoms with Gasteiger partial charge in [-0.1, -0.05) is 12.1 Å². The monoisotopic (exact) mass is 389 g/mol. The Kier molecular flexibility index (Phi) is 6.25. The van der Waals surface area contributed by atoms with E-state index in [2.05, 4.69) is 15.7 Å². The van der Waals surface area contributed by atoms with Crippen LogP contribution in [0, 0.1) is 5.82 Å². The zero-order valence-electron chi connectivity index (χ0n) is 15.6. The molecular formula is C19H24FN5O3. The maximum Gasteiger partial charge on any atom is 0.315 e. The summed E-state index contributed by atoms with van der Waals surface area (Å²) in [5.41, 5.74) is 0.788. The van der Waals surface area contributed by atoms with E-state index < -0.39 is 18.1 Å². The van der Waals surface area contributed by atoms with Crippen LogP contribution < -0.4 is 15.5 Å². The summed E-state index contributed by atoms with van der Waals surface area (Å²) in [6.07, 6.45) is 3.39. The van der Waals surface area contributed by atoms with Crippen molar-refractivity contribution in [3.05, 3.63) is 47.9 Å². The topological polar surface area (TPSA) is 99.5 Å². The first-order chi connectivity index (χ1) is 13.5. The molecule has 150 valence electrons. The SMILES string of the molecule is Cn1ccc(N2CCCC(NC(=O)NC(CO)Cc3ccc(F)cc3)C2=O)n1. The Bertz CT molecular complexity index is 823. The predicted molar refractivity (Wildman–Crippen MR) is 101 cm³/mol. The lowest BCUT2D eigenvalue weighted by molar-refractivity contribution is -0.121. The highest BCUT2D eigenvalue weighted by Gasteiger charge is 2.32. The Morgan fingerprint density at radius 2 is 2.11 bits per heavy atom. The van der Waals surface area contributed by atoms with Crippen molar-refractivity contribution in [3.63, 3.8) is 0 Å². The van der Waals surface area contributed by atoms with Gasteiger partial charge in [0.2, 0.25) is 0 Å². The normalized spacial score (nSPS) is 18.0. The number of aromatic nitrogens is 2. The van der Waals surface area contributed by atoms with Crippen molar-refractivity contribution < 1.29 is 19.1 Å². The smallest absolute Gasteiger partial charge is 0.315 e. The number of carbonyl (C=O) groups is 2. The molecule has 1 aromatic heterocycles. The van der Waals surface area contributed by atoms with Crippen molar-refractivity contribution in [1.82, 2.24) is 20.4 Å². The van der Waals surface area contributed by atoms with Crippen LogP contribution in [-0.4, -0.2) is 52.1 Å². The lowest BCUT2D eigenvalue weighted by Gasteiger charge is -2.31. The molecule has 0 spiro atoms. The first kappa shape index (κ1) is 19.8. The molecule has 8 nitrogen and oxygen atoms in total. The van der Waals surface area contributed by atoms with Gasteiger partial charge in [-0.2, -0.15) is 5.10 Å². The molecule has 3 rings (SSSR count). The molecule has 2 heterocycles. The second kappa shape index (κ2) is 8.83. The van der Waals surface area contributed by atoms with Gasteiger partial charge in [-0.3, -0.25) is 14.4 Å². The van der Waals surface area contributed by atoms with E-state index >= 15 is 0 Å². The Morgan fingerprint density at radius 1 is 1.36 bits per heavy atom. The van der Waals surface area contributed by atoms with E-state index in [1.807, 2.05) is 0 Å². The molecule has 28 heavy (non-hydrogen) atoms. The standard InChI is InChI=1S/C19H24FN5O3/c1-24-10-8-17(23-24)25-9-2-3-16(18(25)27)22-19(28)21-15(12-26)11-13-4-6-14(20)7-5-13/h4-8,10,15-16,26H,2-3,9,11-12H2,1H3,(H2,21,22,28). The lowest BCUT2D eigenvalue weighted by atomic mass is 10.0. The summed E-state index contributed by atoms with van der Waals surface area (Å²) in [5, 5.41) is 19.1. The van der Waals surface area contributed by atoms with E-state index in [9.17, 15) is 19.1 Å². The van der Waals surface area contributed by atoms with Crippen LogP contribution in [0.2, 0.25) is 0 Å². The zero-order chi connectivity index (χ0) is 20.1. The maximum absolute atomic E-state index is 13.0. The number of amides is 3. The number of hydrogen-bond acceptors (Lipinski definition) is 4. The second-order valence-corrected chi connectivity index (χ2v) is 6.86. The number of hydrogen-bond donors (Lipinski definition) is 3. The van der Waals surface area contributed by atoms with Gasteiger partial charge in [0.25, 0.3) is 5.91 Å². The van der Waals surface area contributed by atoms with E-state index in [1.165, 1.54) is 12.1 Å². The van der Waals surface area contributed by atoms with Crippen LogP contribution >= 0.6 is 0 Å². The van der Waals surface area contributed by atoms with E-state index in [0.717, 1.165) is 12.0 Å². The molecule has 1 saturated heterocycles. The number of aliphatic hydroxyl groups excluding tert-OH is 1. The molecule has 3 N–H and O–H groups in total. The average molecular weight is 389 g/mol. The fraction of sp³-hybridized carbons (Fsp3) is 0.421. The summed E-state index contributed by atoms with van der Waals surface area (Å²) < 4.78 is 14.6. The maximum atomic E-state index is 13.0. The lowest BCUT2D eigenvalue weighted by Crippen LogP contribution is -2.56. The Balaban J connectivity index is 1.56. The summed E-state index contributed by atoms with van der Waals surface area (Å²) in [6, 6.07) is 5.90. The van der Waals surface area contributed by atoms with E-state index in [4.69, 9.17) is 0 Å². The Hall–Kier alpha value is -2.94. The molecule has 0 aliphatic carbocycles. The van der Waals surface area contributed by atoms with Crippen molar-refractivity contribution >= 4 is 17.8 Å². The predicted octanol–water partition coefficient (Wildman–Crippen LogP) is 0.957. The molecule has 0 saturated carbocycles. The fourth-order valence-electron chi connectivity index (χ4n) is 3.23. The number of anilines is 1. The number of rotatable bonds is 6. The number of carbonyl (C=O) groups excluding carboxylic acids is 2. The molecule has 1 fully saturated rings. The van der Waals surface area contributed by atoms with Crippen molar-refractivity contribution in [2.45, 2.75) is 31.3 Å². The third kappa shape index (κ3) is 4.86. The minimum absolute atomic E-state index is 0.209. The highest BCUT2D eigenvalue weighted by Crippen LogP contribution is 2.19. The molecular weight excluding hydrogens is 365 g/mol. The van der Waals surface area contributed by atoms with Gasteiger partial charge in [0.05, 0.1) is 12.6 Å². The summed E-state index contributed by atoms with van der Waals surface area (Å²) in [5.74, 6) is 0.00593. The van der Waals surface area contributed by atoms with E-state index in [1.54, 1.807) is 41.0 Å². The van der Waals surface area contributed by atoms with Gasteiger partial charge in [0.15, 0.2) is 5.82 Å². The van der Waals surface area contributed by atoms with E-state index in [0.29, 0.717) is 25.2 Å². The Morgan fingerprint density at radius 3 is 2.75 bits per heavy atom. The third-order valence-electron chi connectivity index (χ3n) is 4.67. The number of urea groups is 1. The van der Waals surface area contributed by atoms with Crippen molar-refractivity contribution in [2.75, 3.05) is 18.1 Å². The summed E-state index contributed by atoms with van der Waals surface area (Å²) >= 11 is 0. The summed E-state index contributed by atoms with van der Waals surface area (Å²) in [7, 11) is 1.78. The first-order valence-electron chi connectivity index (χ1n) is 9.19. The van der Waals surface area contributed by atoms with Crippen molar-refractivity contribution in [3.8, 4) is 0 Å². The van der Waals surface area contributed by atoms with Crippen LogP contribution in [0.3, 0.4) is 0 Å². The molecule has 1 aliphatic heterocycles. The van der Waals surface area contributed by atoms with Gasteiger partial charge in [-0.25, -0.2) is 9.18 Å². The van der Waals surface area contributed by atoms with Crippen molar-refractivity contribution in [1.29, 1.82) is 0 Å². The molecule has 3 amide bonds. The van der Waals surface area contributed by atoms with E-state index in [-0.39, 0.29) is 18.3 Å². The van der Waals surface area contributed by atoms with Gasteiger partial charge in [-0.05, 0) is 37.0 Å². The summed E-state index contributed by atoms with van der Waals surface area (Å²) in [6.45, 7) is 0.281. The number of nitrogens with one attached hydrogen (secondary N) is 2. The molecule has 2 unspecified atom stereocenters. The fourth-order valence-corrected chi connectivity index (χ4v) is 3.23. The number of benzene rings is 1. The minimum Gasteiger partial charge on any atom is -0.394 e. The van der Waals surface area contributed by atoms with Gasteiger partial charge in [-0.15, -0.1) is 0 Å². The molecule has 2 atom stereocenters. The number of aryl methyl sites for hydroxylation is 1. The van der Waals surface area contributed by atoms with Crippen LogP contribution in [0.5, 0.6) is 0 Å². The highest BCUT2D eigenvalue weighted by molar-refractivity contribution is 5.99. The second-order valence-electron chi connectivity index (χ2n) is 6.86. The van der Waals surface area contributed by atoms with Crippen LogP contribution in [0.4, 0.5) is 15.0 Å². The number of nitrogens with zero attached hydrogens (tertiary/aromatic N) is 3. The van der Waals surface area contributed by atoms with Crippen LogP contribution in [0.25, 0.3) is 0 Å². The number of piperidine rings is 1. The molecule has 2 aromatic rings. The summed E-state index contributed by atoms with van der Waals surface area (Å²) in [4.78, 5) is 26.6. The van der Waals surface area contributed by atoms with Crippen LogP contribution in [0.15, 0.2) is 36.5 Å². The van der Waals surface area contributed by atoms with Crippen LogP contribution in [0.1, 0.15) is 18.4 Å². The minimum atomic E-state index is -0.652. The quantitative estimate of drug-likeness (QED) is 0.685. The van der Waals surface area contributed by atoms with Gasteiger partial charge < -0.3 is 15.7 Å². The van der Waals surface area contributed by atoms with Gasteiger partial charge in [0, 0.05) is 25.9 Å². The van der Waals surface area contributed by atoms with Crippen molar-refractivity contribution in [2.24, 2.45) is 7.05 Å². The number of halogens is 1. The van der Waals surface area contributed by atoms with Gasteiger partial charge >= 0.3 is 6.03 Å². The molecule has 1 aromatic carbocycles. The number of aliphatic hydroxyl groups is 1. The van der Waals surface area contributed by atoms with Gasteiger partial charge in [0.1, 0.15) is 11.9 Å².